The second-order valence-electron chi connectivity index (χ2n) is 8.64. The number of hydrogen-bond acceptors (Lipinski definition) is 6. The minimum Gasteiger partial charge on any atom is -0.494 e. The highest BCUT2D eigenvalue weighted by molar-refractivity contribution is 7.91. The zero-order valence-corrected chi connectivity index (χ0v) is 18.3. The molecule has 8 heteroatoms. The van der Waals surface area contributed by atoms with Crippen LogP contribution in [-0.2, 0) is 15.3 Å². The van der Waals surface area contributed by atoms with E-state index in [4.69, 9.17) is 0 Å². The highest BCUT2D eigenvalue weighted by atomic mass is 32.2. The second-order valence-corrected chi connectivity index (χ2v) is 10.9. The van der Waals surface area contributed by atoms with Gasteiger partial charge in [-0.25, -0.2) is 8.42 Å². The van der Waals surface area contributed by atoms with Gasteiger partial charge in [0.15, 0.2) is 9.84 Å². The Morgan fingerprint density at radius 1 is 1.27 bits per heavy atom. The minimum atomic E-state index is -3.28. The smallest absolute Gasteiger partial charge is 0.271 e. The summed E-state index contributed by atoms with van der Waals surface area (Å²) in [6.45, 7) is 7.91. The van der Waals surface area contributed by atoms with Crippen LogP contribution in [0.25, 0.3) is 0 Å². The van der Waals surface area contributed by atoms with Gasteiger partial charge in [0.05, 0.1) is 28.8 Å². The van der Waals surface area contributed by atoms with E-state index in [0.717, 1.165) is 10.1 Å². The molecule has 1 fully saturated rings. The predicted octanol–water partition coefficient (Wildman–Crippen LogP) is 3.14. The molecule has 7 nitrogen and oxygen atoms in total. The van der Waals surface area contributed by atoms with E-state index >= 15 is 0 Å². The van der Waals surface area contributed by atoms with E-state index in [9.17, 15) is 23.6 Å². The molecule has 158 valence electrons. The highest BCUT2D eigenvalue weighted by Crippen LogP contribution is 2.30. The summed E-state index contributed by atoms with van der Waals surface area (Å²) in [4.78, 5) is 17.1. The molecule has 0 unspecified atom stereocenters. The molecule has 1 aromatic carbocycles. The number of nitrogens with zero attached hydrogens (tertiary/aromatic N) is 3. The quantitative estimate of drug-likeness (QED) is 0.756. The third-order valence-electron chi connectivity index (χ3n) is 5.44. The van der Waals surface area contributed by atoms with Crippen molar-refractivity contribution in [1.29, 1.82) is 5.26 Å². The van der Waals surface area contributed by atoms with E-state index in [-0.39, 0.29) is 40.3 Å². The molecular formula is C22H25N3O4S. The van der Waals surface area contributed by atoms with Gasteiger partial charge in [-0.2, -0.15) is 5.26 Å². The van der Waals surface area contributed by atoms with Crippen molar-refractivity contribution >= 4 is 21.7 Å². The lowest BCUT2D eigenvalue weighted by Gasteiger charge is -2.19. The lowest BCUT2D eigenvalue weighted by atomic mass is 9.87. The monoisotopic (exact) mass is 427 g/mol. The van der Waals surface area contributed by atoms with Crippen LogP contribution in [0.5, 0.6) is 5.88 Å². The first-order chi connectivity index (χ1) is 13.9. The third-order valence-corrected chi connectivity index (χ3v) is 7.19. The Morgan fingerprint density at radius 3 is 2.40 bits per heavy atom. The van der Waals surface area contributed by atoms with Gasteiger partial charge in [-0.05, 0) is 42.0 Å². The number of sulfone groups is 1. The van der Waals surface area contributed by atoms with Gasteiger partial charge in [0, 0.05) is 6.21 Å². The molecule has 1 aliphatic rings. The summed E-state index contributed by atoms with van der Waals surface area (Å²) >= 11 is 0. The molecule has 1 N–H and O–H groups in total. The van der Waals surface area contributed by atoms with Gasteiger partial charge in [0.1, 0.15) is 11.6 Å². The molecule has 1 aromatic heterocycles. The molecule has 30 heavy (non-hydrogen) atoms. The molecule has 2 aromatic rings. The van der Waals surface area contributed by atoms with Crippen LogP contribution in [0.2, 0.25) is 0 Å². The van der Waals surface area contributed by atoms with Crippen LogP contribution < -0.4 is 5.56 Å². The molecule has 1 aliphatic heterocycles. The van der Waals surface area contributed by atoms with Gasteiger partial charge in [-0.15, -0.1) is 0 Å². The highest BCUT2D eigenvalue weighted by Gasteiger charge is 2.33. The lowest BCUT2D eigenvalue weighted by molar-refractivity contribution is 0.379. The molecular weight excluding hydrogens is 402 g/mol. The van der Waals surface area contributed by atoms with Gasteiger partial charge in [0.25, 0.3) is 5.56 Å². The summed E-state index contributed by atoms with van der Waals surface area (Å²) in [5.41, 5.74) is 1.56. The van der Waals surface area contributed by atoms with Crippen LogP contribution in [0.15, 0.2) is 34.1 Å². The fourth-order valence-corrected chi connectivity index (χ4v) is 5.30. The van der Waals surface area contributed by atoms with Gasteiger partial charge in [-0.3, -0.25) is 14.4 Å². The van der Waals surface area contributed by atoms with Crippen molar-refractivity contribution in [2.24, 2.45) is 4.99 Å². The van der Waals surface area contributed by atoms with Crippen LogP contribution in [0, 0.1) is 18.3 Å². The third kappa shape index (κ3) is 4.17. The van der Waals surface area contributed by atoms with E-state index in [1.54, 1.807) is 6.92 Å². The van der Waals surface area contributed by atoms with E-state index in [1.807, 2.05) is 30.3 Å². The molecule has 0 aliphatic carbocycles. The Labute approximate surface area is 176 Å². The van der Waals surface area contributed by atoms with Crippen molar-refractivity contribution in [3.05, 3.63) is 56.9 Å². The van der Waals surface area contributed by atoms with Crippen molar-refractivity contribution in [3.63, 3.8) is 0 Å². The first-order valence-corrected chi connectivity index (χ1v) is 11.5. The minimum absolute atomic E-state index is 0.00984. The van der Waals surface area contributed by atoms with Crippen molar-refractivity contribution in [2.45, 2.75) is 45.6 Å². The zero-order chi connectivity index (χ0) is 22.3. The zero-order valence-electron chi connectivity index (χ0n) is 17.5. The fraction of sp³-hybridized carbons (Fsp3) is 0.409. The topological polar surface area (TPSA) is 113 Å². The van der Waals surface area contributed by atoms with Gasteiger partial charge >= 0.3 is 0 Å². The van der Waals surface area contributed by atoms with E-state index in [1.165, 1.54) is 6.21 Å². The summed E-state index contributed by atoms with van der Waals surface area (Å²) in [5, 5.41) is 20.3. The molecule has 1 saturated heterocycles. The standard InChI is InChI=1S/C22H25N3O4S/c1-14-18(11-23)20(26)25(17-9-10-30(28,29)13-17)21(27)19(14)12-24-16-7-5-15(6-8-16)22(2,3)4/h5-8,12,17,27H,9-10,13H2,1-4H3/t17-/m0/s1. The van der Waals surface area contributed by atoms with E-state index in [0.29, 0.717) is 11.3 Å². The Kier molecular flexibility index (Phi) is 5.61. The van der Waals surface area contributed by atoms with Crippen molar-refractivity contribution in [3.8, 4) is 11.9 Å². The molecule has 0 amide bonds. The summed E-state index contributed by atoms with van der Waals surface area (Å²) in [6, 6.07) is 8.85. The number of rotatable bonds is 3. The number of benzene rings is 1. The maximum Gasteiger partial charge on any atom is 0.271 e. The number of pyridine rings is 1. The average molecular weight is 428 g/mol. The number of aromatic nitrogens is 1. The van der Waals surface area contributed by atoms with Gasteiger partial charge in [-0.1, -0.05) is 32.9 Å². The van der Waals surface area contributed by atoms with E-state index < -0.39 is 21.4 Å². The number of nitriles is 1. The van der Waals surface area contributed by atoms with E-state index in [2.05, 4.69) is 25.8 Å². The van der Waals surface area contributed by atoms with Crippen LogP contribution >= 0.6 is 0 Å². The molecule has 0 radical (unpaired) electrons. The largest absolute Gasteiger partial charge is 0.494 e. The van der Waals surface area contributed by atoms with Crippen LogP contribution in [0.4, 0.5) is 5.69 Å². The molecule has 0 spiro atoms. The SMILES string of the molecule is Cc1c(C=Nc2ccc(C(C)(C)C)cc2)c(O)n([C@H]2CCS(=O)(=O)C2)c(=O)c1C#N. The lowest BCUT2D eigenvalue weighted by Crippen LogP contribution is -2.29. The van der Waals surface area contributed by atoms with Crippen LogP contribution in [0.1, 0.15) is 55.5 Å². The van der Waals surface area contributed by atoms with Crippen LogP contribution in [0.3, 0.4) is 0 Å². The molecule has 0 bridgehead atoms. The van der Waals surface area contributed by atoms with Gasteiger partial charge < -0.3 is 5.11 Å². The molecule has 3 rings (SSSR count). The van der Waals surface area contributed by atoms with Crippen molar-refractivity contribution in [1.82, 2.24) is 4.57 Å². The Morgan fingerprint density at radius 2 is 1.90 bits per heavy atom. The first kappa shape index (κ1) is 21.8. The Hall–Kier alpha value is -2.92. The van der Waals surface area contributed by atoms with Crippen LogP contribution in [-0.4, -0.2) is 35.8 Å². The maximum absolute atomic E-state index is 12.7. The number of aliphatic imine (C=N–C) groups is 1. The first-order valence-electron chi connectivity index (χ1n) is 9.68. The molecule has 2 heterocycles. The Bertz CT molecular complexity index is 1210. The normalized spacial score (nSPS) is 18.6. The number of aromatic hydroxyl groups is 1. The maximum atomic E-state index is 12.7. The Balaban J connectivity index is 2.07. The fourth-order valence-electron chi connectivity index (χ4n) is 3.60. The van der Waals surface area contributed by atoms with Crippen molar-refractivity contribution in [2.75, 3.05) is 11.5 Å². The number of hydrogen-bond donors (Lipinski definition) is 1. The second kappa shape index (κ2) is 7.73. The molecule has 0 saturated carbocycles. The summed E-state index contributed by atoms with van der Waals surface area (Å²) in [5.74, 6) is -0.657. The average Bonchev–Trinajstić information content (AvgIpc) is 3.01. The van der Waals surface area contributed by atoms with Crippen molar-refractivity contribution < 1.29 is 13.5 Å². The predicted molar refractivity (Wildman–Crippen MR) is 117 cm³/mol. The molecule has 1 atom stereocenters. The summed E-state index contributed by atoms with van der Waals surface area (Å²) < 4.78 is 24.8. The summed E-state index contributed by atoms with van der Waals surface area (Å²) in [7, 11) is -3.28. The summed E-state index contributed by atoms with van der Waals surface area (Å²) in [6.07, 6.45) is 1.63. The van der Waals surface area contributed by atoms with Gasteiger partial charge in [0.2, 0.25) is 5.88 Å².